The smallest absolute Gasteiger partial charge is 0.254 e. The van der Waals surface area contributed by atoms with Crippen molar-refractivity contribution in [1.82, 2.24) is 4.90 Å². The summed E-state index contributed by atoms with van der Waals surface area (Å²) in [5.74, 6) is 1.59. The fourth-order valence-electron chi connectivity index (χ4n) is 3.65. The number of carbonyl (C=O) groups excluding carboxylic acids is 1. The van der Waals surface area contributed by atoms with Crippen molar-refractivity contribution < 1.29 is 14.3 Å². The molecule has 0 saturated heterocycles. The standard InChI is InChI=1S/C25H25NO3/c1-2-28-24-13-12-20(16-22(24)18-29-23-10-4-3-5-11-23)25(27)26-15-14-19-8-6-7-9-21(19)17-26/h3-13,16H,2,14-15,17-18H2,1H3. The predicted octanol–water partition coefficient (Wildman–Crippen LogP) is 4.86. The van der Waals surface area contributed by atoms with E-state index < -0.39 is 0 Å². The molecule has 4 rings (SSSR count). The summed E-state index contributed by atoms with van der Waals surface area (Å²) in [5, 5.41) is 0. The number of hydrogen-bond donors (Lipinski definition) is 0. The van der Waals surface area contributed by atoms with E-state index in [0.29, 0.717) is 25.3 Å². The van der Waals surface area contributed by atoms with Crippen molar-refractivity contribution in [1.29, 1.82) is 0 Å². The van der Waals surface area contributed by atoms with E-state index in [-0.39, 0.29) is 5.91 Å². The van der Waals surface area contributed by atoms with Crippen molar-refractivity contribution in [2.24, 2.45) is 0 Å². The predicted molar refractivity (Wildman–Crippen MR) is 113 cm³/mol. The van der Waals surface area contributed by atoms with Crippen LogP contribution < -0.4 is 9.47 Å². The molecule has 0 aromatic heterocycles. The lowest BCUT2D eigenvalue weighted by Crippen LogP contribution is -2.36. The number of nitrogens with zero attached hydrogens (tertiary/aromatic N) is 1. The van der Waals surface area contributed by atoms with Crippen LogP contribution in [0.2, 0.25) is 0 Å². The molecule has 148 valence electrons. The molecule has 4 nitrogen and oxygen atoms in total. The molecule has 29 heavy (non-hydrogen) atoms. The monoisotopic (exact) mass is 387 g/mol. The maximum atomic E-state index is 13.1. The van der Waals surface area contributed by atoms with E-state index >= 15 is 0 Å². The van der Waals surface area contributed by atoms with Gasteiger partial charge in [-0.05, 0) is 54.8 Å². The molecule has 1 heterocycles. The molecule has 1 aliphatic rings. The SMILES string of the molecule is CCOc1ccc(C(=O)N2CCc3ccccc3C2)cc1COc1ccccc1. The fourth-order valence-corrected chi connectivity index (χ4v) is 3.65. The van der Waals surface area contributed by atoms with Crippen LogP contribution >= 0.6 is 0 Å². The molecule has 1 amide bonds. The average Bonchev–Trinajstić information content (AvgIpc) is 2.78. The van der Waals surface area contributed by atoms with Crippen molar-refractivity contribution in [3.63, 3.8) is 0 Å². The molecule has 0 aliphatic carbocycles. The van der Waals surface area contributed by atoms with Gasteiger partial charge in [-0.3, -0.25) is 4.79 Å². The van der Waals surface area contributed by atoms with Crippen LogP contribution in [0.5, 0.6) is 11.5 Å². The van der Waals surface area contributed by atoms with Gasteiger partial charge < -0.3 is 14.4 Å². The van der Waals surface area contributed by atoms with Crippen LogP contribution in [0.25, 0.3) is 0 Å². The lowest BCUT2D eigenvalue weighted by Gasteiger charge is -2.29. The Hall–Kier alpha value is -3.27. The minimum absolute atomic E-state index is 0.0449. The molecular formula is C25H25NO3. The van der Waals surface area contributed by atoms with Gasteiger partial charge in [-0.15, -0.1) is 0 Å². The summed E-state index contributed by atoms with van der Waals surface area (Å²) in [6.45, 7) is 4.25. The van der Waals surface area contributed by atoms with Crippen LogP contribution in [0.3, 0.4) is 0 Å². The number of rotatable bonds is 6. The molecule has 0 bridgehead atoms. The van der Waals surface area contributed by atoms with Gasteiger partial charge in [-0.2, -0.15) is 0 Å². The van der Waals surface area contributed by atoms with E-state index in [0.717, 1.165) is 30.0 Å². The summed E-state index contributed by atoms with van der Waals surface area (Å²) < 4.78 is 11.6. The van der Waals surface area contributed by atoms with Crippen molar-refractivity contribution >= 4 is 5.91 Å². The number of hydrogen-bond acceptors (Lipinski definition) is 3. The zero-order chi connectivity index (χ0) is 20.1. The molecule has 0 atom stereocenters. The third-order valence-electron chi connectivity index (χ3n) is 5.16. The van der Waals surface area contributed by atoms with Gasteiger partial charge in [0.15, 0.2) is 0 Å². The molecule has 1 aliphatic heterocycles. The number of amides is 1. The molecule has 3 aromatic rings. The third-order valence-corrected chi connectivity index (χ3v) is 5.16. The first kappa shape index (κ1) is 19.1. The molecule has 0 fully saturated rings. The van der Waals surface area contributed by atoms with Gasteiger partial charge in [-0.1, -0.05) is 42.5 Å². The van der Waals surface area contributed by atoms with E-state index in [1.807, 2.05) is 66.4 Å². The second kappa shape index (κ2) is 8.82. The van der Waals surface area contributed by atoms with Gasteiger partial charge in [0.25, 0.3) is 5.91 Å². The summed E-state index contributed by atoms with van der Waals surface area (Å²) in [6, 6.07) is 23.6. The minimum atomic E-state index is 0.0449. The number of carbonyl (C=O) groups is 1. The van der Waals surface area contributed by atoms with Crippen LogP contribution in [-0.2, 0) is 19.6 Å². The normalized spacial score (nSPS) is 12.9. The highest BCUT2D eigenvalue weighted by Crippen LogP contribution is 2.25. The summed E-state index contributed by atoms with van der Waals surface area (Å²) in [6.07, 6.45) is 0.892. The van der Waals surface area contributed by atoms with E-state index in [2.05, 4.69) is 18.2 Å². The molecule has 0 saturated carbocycles. The summed E-state index contributed by atoms with van der Waals surface area (Å²) >= 11 is 0. The second-order valence-electron chi connectivity index (χ2n) is 7.10. The van der Waals surface area contributed by atoms with Gasteiger partial charge in [0.1, 0.15) is 18.1 Å². The van der Waals surface area contributed by atoms with E-state index in [9.17, 15) is 4.79 Å². The average molecular weight is 387 g/mol. The molecule has 3 aromatic carbocycles. The van der Waals surface area contributed by atoms with Crippen molar-refractivity contribution in [3.05, 3.63) is 95.1 Å². The second-order valence-corrected chi connectivity index (χ2v) is 7.10. The Bertz CT molecular complexity index is 984. The van der Waals surface area contributed by atoms with E-state index in [1.54, 1.807) is 0 Å². The first-order valence-electron chi connectivity index (χ1n) is 10.0. The van der Waals surface area contributed by atoms with Crippen LogP contribution in [0.15, 0.2) is 72.8 Å². The van der Waals surface area contributed by atoms with Crippen molar-refractivity contribution in [3.8, 4) is 11.5 Å². The van der Waals surface area contributed by atoms with Gasteiger partial charge in [0.05, 0.1) is 6.61 Å². The molecule has 0 N–H and O–H groups in total. The maximum absolute atomic E-state index is 13.1. The van der Waals surface area contributed by atoms with Crippen molar-refractivity contribution in [2.45, 2.75) is 26.5 Å². The van der Waals surface area contributed by atoms with E-state index in [1.165, 1.54) is 11.1 Å². The topological polar surface area (TPSA) is 38.8 Å². The Labute approximate surface area is 171 Å². The number of para-hydroxylation sites is 1. The highest BCUT2D eigenvalue weighted by atomic mass is 16.5. The maximum Gasteiger partial charge on any atom is 0.254 e. The van der Waals surface area contributed by atoms with Crippen molar-refractivity contribution in [2.75, 3.05) is 13.2 Å². The Morgan fingerprint density at radius 2 is 1.69 bits per heavy atom. The fraction of sp³-hybridized carbons (Fsp3) is 0.240. The highest BCUT2D eigenvalue weighted by molar-refractivity contribution is 5.94. The van der Waals surface area contributed by atoms with Gasteiger partial charge >= 0.3 is 0 Å². The molecule has 0 spiro atoms. The van der Waals surface area contributed by atoms with Gasteiger partial charge in [-0.25, -0.2) is 0 Å². The summed E-state index contributed by atoms with van der Waals surface area (Å²) in [5.41, 5.74) is 4.10. The number of fused-ring (bicyclic) bond motifs is 1. The number of benzene rings is 3. The molecule has 0 radical (unpaired) electrons. The van der Waals surface area contributed by atoms with Gasteiger partial charge in [0, 0.05) is 24.2 Å². The van der Waals surface area contributed by atoms with Crippen LogP contribution in [0, 0.1) is 0 Å². The minimum Gasteiger partial charge on any atom is -0.493 e. The zero-order valence-electron chi connectivity index (χ0n) is 16.6. The number of ether oxygens (including phenoxy) is 2. The molecular weight excluding hydrogens is 362 g/mol. The third kappa shape index (κ3) is 4.43. The lowest BCUT2D eigenvalue weighted by atomic mass is 9.99. The molecule has 0 unspecified atom stereocenters. The first-order chi connectivity index (χ1) is 14.2. The van der Waals surface area contributed by atoms with Gasteiger partial charge in [0.2, 0.25) is 0 Å². The summed E-state index contributed by atoms with van der Waals surface area (Å²) in [7, 11) is 0. The van der Waals surface area contributed by atoms with Crippen LogP contribution in [-0.4, -0.2) is 24.0 Å². The first-order valence-corrected chi connectivity index (χ1v) is 10.0. The summed E-state index contributed by atoms with van der Waals surface area (Å²) in [4.78, 5) is 15.1. The van der Waals surface area contributed by atoms with Crippen LogP contribution in [0.4, 0.5) is 0 Å². The Kier molecular flexibility index (Phi) is 5.80. The Balaban J connectivity index is 1.53. The zero-order valence-corrected chi connectivity index (χ0v) is 16.6. The Morgan fingerprint density at radius 1 is 0.931 bits per heavy atom. The van der Waals surface area contributed by atoms with E-state index in [4.69, 9.17) is 9.47 Å². The Morgan fingerprint density at radius 3 is 2.48 bits per heavy atom. The largest absolute Gasteiger partial charge is 0.493 e. The highest BCUT2D eigenvalue weighted by Gasteiger charge is 2.22. The lowest BCUT2D eigenvalue weighted by molar-refractivity contribution is 0.0734. The quantitative estimate of drug-likeness (QED) is 0.606. The van der Waals surface area contributed by atoms with Crippen LogP contribution in [0.1, 0.15) is 34.0 Å². The molecule has 4 heteroatoms.